The maximum absolute atomic E-state index is 12.6. The average molecular weight is 185 g/mol. The Morgan fingerprint density at radius 1 is 1.15 bits per heavy atom. The number of nitrogens with zero attached hydrogens (tertiary/aromatic N) is 1. The second kappa shape index (κ2) is 3.23. The zero-order valence-electron chi connectivity index (χ0n) is 8.72. The largest absolute Gasteiger partial charge is 0.295 e. The maximum atomic E-state index is 12.6. The summed E-state index contributed by atoms with van der Waals surface area (Å²) in [6.07, 6.45) is 4.64. The number of hydrogen-bond acceptors (Lipinski definition) is 1. The van der Waals surface area contributed by atoms with Gasteiger partial charge in [-0.1, -0.05) is 13.8 Å². The van der Waals surface area contributed by atoms with Crippen LogP contribution >= 0.6 is 0 Å². The number of likely N-dealkylation sites (tertiary alicyclic amines) is 1. The van der Waals surface area contributed by atoms with E-state index >= 15 is 0 Å². The molecule has 0 aromatic rings. The molecule has 1 aliphatic carbocycles. The number of rotatable bonds is 1. The fourth-order valence-corrected chi connectivity index (χ4v) is 2.50. The fourth-order valence-electron chi connectivity index (χ4n) is 2.50. The van der Waals surface area contributed by atoms with Gasteiger partial charge in [-0.2, -0.15) is 0 Å². The van der Waals surface area contributed by atoms with Crippen LogP contribution in [0.2, 0.25) is 0 Å². The molecule has 0 amide bonds. The Hall–Kier alpha value is -0.110. The second-order valence-corrected chi connectivity index (χ2v) is 5.45. The lowest BCUT2D eigenvalue weighted by Gasteiger charge is -2.45. The number of alkyl halides is 1. The van der Waals surface area contributed by atoms with Crippen molar-refractivity contribution in [2.75, 3.05) is 13.1 Å². The third-order valence-electron chi connectivity index (χ3n) is 3.69. The van der Waals surface area contributed by atoms with E-state index in [1.54, 1.807) is 0 Å². The molecular formula is C11H20FN. The Bertz CT molecular complexity index is 175. The van der Waals surface area contributed by atoms with E-state index in [2.05, 4.69) is 18.7 Å². The highest BCUT2D eigenvalue weighted by molar-refractivity contribution is 4.90. The average Bonchev–Trinajstić information content (AvgIpc) is 2.00. The summed E-state index contributed by atoms with van der Waals surface area (Å²) in [5.74, 6) is 0. The van der Waals surface area contributed by atoms with Crippen molar-refractivity contribution >= 4 is 0 Å². The maximum Gasteiger partial charge on any atom is 0.125 e. The van der Waals surface area contributed by atoms with Crippen LogP contribution in [0.4, 0.5) is 4.39 Å². The van der Waals surface area contributed by atoms with Gasteiger partial charge in [0.05, 0.1) is 0 Å². The Morgan fingerprint density at radius 2 is 1.69 bits per heavy atom. The first-order valence-corrected chi connectivity index (χ1v) is 5.45. The molecule has 0 N–H and O–H groups in total. The summed E-state index contributed by atoms with van der Waals surface area (Å²) in [5, 5.41) is 0. The van der Waals surface area contributed by atoms with Crippen LogP contribution in [0.25, 0.3) is 0 Å². The van der Waals surface area contributed by atoms with Gasteiger partial charge in [0, 0.05) is 19.1 Å². The molecule has 0 radical (unpaired) electrons. The summed E-state index contributed by atoms with van der Waals surface area (Å²) in [4.78, 5) is 2.32. The third kappa shape index (κ3) is 2.04. The van der Waals surface area contributed by atoms with Gasteiger partial charge < -0.3 is 0 Å². The first kappa shape index (κ1) is 9.45. The van der Waals surface area contributed by atoms with Gasteiger partial charge in [-0.25, -0.2) is 4.39 Å². The summed E-state index contributed by atoms with van der Waals surface area (Å²) in [6, 6.07) is 0.694. The molecular weight excluding hydrogens is 165 g/mol. The molecule has 0 aromatic heterocycles. The van der Waals surface area contributed by atoms with Gasteiger partial charge in [-0.3, -0.25) is 4.90 Å². The summed E-state index contributed by atoms with van der Waals surface area (Å²) in [7, 11) is 0. The number of halogens is 1. The molecule has 0 unspecified atom stereocenters. The topological polar surface area (TPSA) is 3.24 Å². The minimum atomic E-state index is -0.532. The fraction of sp³-hybridized carbons (Fsp3) is 1.00. The lowest BCUT2D eigenvalue weighted by atomic mass is 9.75. The molecule has 0 aromatic carbocycles. The van der Waals surface area contributed by atoms with E-state index in [1.807, 2.05) is 0 Å². The summed E-state index contributed by atoms with van der Waals surface area (Å²) >= 11 is 0. The van der Waals surface area contributed by atoms with Gasteiger partial charge in [-0.05, 0) is 31.1 Å². The summed E-state index contributed by atoms with van der Waals surface area (Å²) < 4.78 is 12.6. The van der Waals surface area contributed by atoms with E-state index in [9.17, 15) is 4.39 Å². The molecule has 2 rings (SSSR count). The lowest BCUT2D eigenvalue weighted by Crippen LogP contribution is -2.54. The van der Waals surface area contributed by atoms with Crippen molar-refractivity contribution in [1.29, 1.82) is 0 Å². The molecule has 2 fully saturated rings. The quantitative estimate of drug-likeness (QED) is 0.607. The van der Waals surface area contributed by atoms with E-state index in [0.29, 0.717) is 24.5 Å². The van der Waals surface area contributed by atoms with Crippen LogP contribution in [0.15, 0.2) is 0 Å². The van der Waals surface area contributed by atoms with Crippen LogP contribution < -0.4 is 0 Å². The predicted octanol–water partition coefficient (Wildman–Crippen LogP) is 2.61. The predicted molar refractivity (Wildman–Crippen MR) is 52.5 cm³/mol. The third-order valence-corrected chi connectivity index (χ3v) is 3.69. The summed E-state index contributed by atoms with van der Waals surface area (Å²) in [6.45, 7) is 6.09. The minimum Gasteiger partial charge on any atom is -0.295 e. The normalized spacial score (nSPS) is 31.6. The van der Waals surface area contributed by atoms with E-state index in [1.165, 1.54) is 25.7 Å². The molecule has 0 spiro atoms. The van der Waals surface area contributed by atoms with Crippen molar-refractivity contribution in [3.63, 3.8) is 0 Å². The molecule has 1 heterocycles. The molecule has 2 aliphatic rings. The molecule has 1 aliphatic heterocycles. The van der Waals surface area contributed by atoms with Gasteiger partial charge in [0.25, 0.3) is 0 Å². The monoisotopic (exact) mass is 185 g/mol. The molecule has 13 heavy (non-hydrogen) atoms. The molecule has 1 saturated heterocycles. The van der Waals surface area contributed by atoms with E-state index in [0.717, 1.165) is 0 Å². The summed E-state index contributed by atoms with van der Waals surface area (Å²) in [5.41, 5.74) is 0.538. The zero-order chi connectivity index (χ0) is 9.47. The molecule has 2 heteroatoms. The van der Waals surface area contributed by atoms with Gasteiger partial charge in [0.1, 0.15) is 6.17 Å². The van der Waals surface area contributed by atoms with Crippen molar-refractivity contribution in [2.45, 2.75) is 51.7 Å². The molecule has 1 saturated carbocycles. The first-order valence-electron chi connectivity index (χ1n) is 5.45. The Balaban J connectivity index is 1.79. The molecule has 76 valence electrons. The van der Waals surface area contributed by atoms with Crippen molar-refractivity contribution in [1.82, 2.24) is 4.90 Å². The highest BCUT2D eigenvalue weighted by Gasteiger charge is 2.36. The van der Waals surface area contributed by atoms with E-state index < -0.39 is 6.17 Å². The standard InChI is InChI=1S/C11H20FN/c1-11(2)5-3-10(4-6-11)13-7-9(12)8-13/h9-10H,3-8H2,1-2H3. The van der Waals surface area contributed by atoms with Crippen molar-refractivity contribution < 1.29 is 4.39 Å². The lowest BCUT2D eigenvalue weighted by molar-refractivity contribution is 0.000293. The molecule has 1 nitrogen and oxygen atoms in total. The van der Waals surface area contributed by atoms with Crippen LogP contribution in [0.3, 0.4) is 0 Å². The minimum absolute atomic E-state index is 0.532. The SMILES string of the molecule is CC1(C)CCC(N2CC(F)C2)CC1. The Labute approximate surface area is 80.3 Å². The van der Waals surface area contributed by atoms with E-state index in [-0.39, 0.29) is 0 Å². The van der Waals surface area contributed by atoms with Crippen LogP contribution in [-0.2, 0) is 0 Å². The van der Waals surface area contributed by atoms with Crippen LogP contribution in [-0.4, -0.2) is 30.2 Å². The van der Waals surface area contributed by atoms with Gasteiger partial charge in [-0.15, -0.1) is 0 Å². The molecule has 0 bridgehead atoms. The van der Waals surface area contributed by atoms with E-state index in [4.69, 9.17) is 0 Å². The highest BCUT2D eigenvalue weighted by Crippen LogP contribution is 2.38. The van der Waals surface area contributed by atoms with Crippen LogP contribution in [0, 0.1) is 5.41 Å². The zero-order valence-corrected chi connectivity index (χ0v) is 8.72. The van der Waals surface area contributed by atoms with Gasteiger partial charge in [0.2, 0.25) is 0 Å². The van der Waals surface area contributed by atoms with Gasteiger partial charge in [0.15, 0.2) is 0 Å². The van der Waals surface area contributed by atoms with Crippen LogP contribution in [0.5, 0.6) is 0 Å². The number of hydrogen-bond donors (Lipinski definition) is 0. The first-order chi connectivity index (χ1) is 6.07. The van der Waals surface area contributed by atoms with Crippen molar-refractivity contribution in [3.8, 4) is 0 Å². The molecule has 0 atom stereocenters. The second-order valence-electron chi connectivity index (χ2n) is 5.45. The van der Waals surface area contributed by atoms with Crippen molar-refractivity contribution in [3.05, 3.63) is 0 Å². The van der Waals surface area contributed by atoms with Crippen LogP contribution in [0.1, 0.15) is 39.5 Å². The Morgan fingerprint density at radius 3 is 2.15 bits per heavy atom. The smallest absolute Gasteiger partial charge is 0.125 e. The Kier molecular flexibility index (Phi) is 2.35. The van der Waals surface area contributed by atoms with Crippen molar-refractivity contribution in [2.24, 2.45) is 5.41 Å². The highest BCUT2D eigenvalue weighted by atomic mass is 19.1. The van der Waals surface area contributed by atoms with Gasteiger partial charge >= 0.3 is 0 Å².